The van der Waals surface area contributed by atoms with E-state index in [0.29, 0.717) is 6.61 Å². The van der Waals surface area contributed by atoms with Crippen LogP contribution in [0.2, 0.25) is 0 Å². The van der Waals surface area contributed by atoms with E-state index in [2.05, 4.69) is 11.4 Å². The summed E-state index contributed by atoms with van der Waals surface area (Å²) in [6.07, 6.45) is -0.284. The van der Waals surface area contributed by atoms with Crippen molar-refractivity contribution in [2.24, 2.45) is 0 Å². The molecule has 1 saturated heterocycles. The highest BCUT2D eigenvalue weighted by Crippen LogP contribution is 2.30. The van der Waals surface area contributed by atoms with E-state index in [-0.39, 0.29) is 12.1 Å². The predicted molar refractivity (Wildman–Crippen MR) is 76.9 cm³/mol. The largest absolute Gasteiger partial charge is 0.348 e. The molecule has 1 aliphatic heterocycles. The fourth-order valence-corrected chi connectivity index (χ4v) is 2.44. The normalized spacial score (nSPS) is 25.6. The third-order valence-electron chi connectivity index (χ3n) is 3.70. The van der Waals surface area contributed by atoms with Crippen molar-refractivity contribution in [3.05, 3.63) is 35.9 Å². The van der Waals surface area contributed by atoms with Crippen LogP contribution in [-0.2, 0) is 9.47 Å². The van der Waals surface area contributed by atoms with Gasteiger partial charge in [0.05, 0.1) is 12.7 Å². The smallest absolute Gasteiger partial charge is 0.163 e. The minimum absolute atomic E-state index is 0.0631. The zero-order valence-electron chi connectivity index (χ0n) is 12.5. The van der Waals surface area contributed by atoms with Gasteiger partial charge in [0.1, 0.15) is 11.6 Å². The van der Waals surface area contributed by atoms with Gasteiger partial charge in [-0.3, -0.25) is 5.32 Å². The van der Waals surface area contributed by atoms with Crippen molar-refractivity contribution < 1.29 is 9.47 Å². The molecule has 0 radical (unpaired) electrons. The molecule has 108 valence electrons. The molecule has 1 aromatic carbocycles. The van der Waals surface area contributed by atoms with Gasteiger partial charge in [-0.1, -0.05) is 30.3 Å². The summed E-state index contributed by atoms with van der Waals surface area (Å²) in [5.41, 5.74) is 0.357. The van der Waals surface area contributed by atoms with Crippen molar-refractivity contribution in [2.45, 2.75) is 51.2 Å². The van der Waals surface area contributed by atoms with E-state index in [9.17, 15) is 5.26 Å². The molecular formula is C16H22N2O2. The van der Waals surface area contributed by atoms with E-state index in [1.807, 2.05) is 58.0 Å². The molecule has 4 nitrogen and oxygen atoms in total. The van der Waals surface area contributed by atoms with E-state index >= 15 is 0 Å². The maximum atomic E-state index is 9.56. The van der Waals surface area contributed by atoms with Crippen LogP contribution < -0.4 is 5.32 Å². The second kappa shape index (κ2) is 5.53. The summed E-state index contributed by atoms with van der Waals surface area (Å²) in [6, 6.07) is 12.5. The fraction of sp³-hybridized carbons (Fsp3) is 0.562. The van der Waals surface area contributed by atoms with Crippen molar-refractivity contribution in [3.63, 3.8) is 0 Å². The predicted octanol–water partition coefficient (Wildman–Crippen LogP) is 2.77. The summed E-state index contributed by atoms with van der Waals surface area (Å²) in [7, 11) is 0. The van der Waals surface area contributed by atoms with Crippen LogP contribution in [0.3, 0.4) is 0 Å². The molecule has 0 bridgehead atoms. The molecule has 1 heterocycles. The second-order valence-corrected chi connectivity index (χ2v) is 5.91. The Labute approximate surface area is 120 Å². The highest BCUT2D eigenvalue weighted by Gasteiger charge is 2.45. The summed E-state index contributed by atoms with van der Waals surface area (Å²) in [4.78, 5) is 0. The Kier molecular flexibility index (Phi) is 4.14. The van der Waals surface area contributed by atoms with E-state index in [0.717, 1.165) is 5.56 Å². The Bertz CT molecular complexity index is 495. The first-order chi connectivity index (χ1) is 9.36. The highest BCUT2D eigenvalue weighted by atomic mass is 16.7. The first-order valence-corrected chi connectivity index (χ1v) is 6.92. The average Bonchev–Trinajstić information content (AvgIpc) is 2.80. The molecule has 0 aliphatic carbocycles. The van der Waals surface area contributed by atoms with Gasteiger partial charge in [0.25, 0.3) is 0 Å². The van der Waals surface area contributed by atoms with Crippen LogP contribution in [-0.4, -0.2) is 24.0 Å². The SMILES string of the molecule is C[C@@H](N[C@](C)(C#N)[C@H]1COC(C)(C)O1)c1ccccc1. The van der Waals surface area contributed by atoms with Crippen molar-refractivity contribution in [2.75, 3.05) is 6.61 Å². The van der Waals surface area contributed by atoms with Gasteiger partial charge in [-0.05, 0) is 33.3 Å². The van der Waals surface area contributed by atoms with Gasteiger partial charge in [-0.2, -0.15) is 5.26 Å². The Balaban J connectivity index is 2.11. The maximum Gasteiger partial charge on any atom is 0.163 e. The topological polar surface area (TPSA) is 54.3 Å². The lowest BCUT2D eigenvalue weighted by molar-refractivity contribution is -0.144. The maximum absolute atomic E-state index is 9.56. The van der Waals surface area contributed by atoms with Crippen LogP contribution in [0.5, 0.6) is 0 Å². The second-order valence-electron chi connectivity index (χ2n) is 5.91. The van der Waals surface area contributed by atoms with Gasteiger partial charge in [0, 0.05) is 6.04 Å². The number of hydrogen-bond donors (Lipinski definition) is 1. The lowest BCUT2D eigenvalue weighted by Crippen LogP contribution is -2.53. The Hall–Kier alpha value is -1.41. The first kappa shape index (κ1) is 15.0. The summed E-state index contributed by atoms with van der Waals surface area (Å²) in [5.74, 6) is -0.625. The lowest BCUT2D eigenvalue weighted by atomic mass is 9.94. The van der Waals surface area contributed by atoms with Gasteiger partial charge in [-0.15, -0.1) is 0 Å². The Morgan fingerprint density at radius 3 is 2.55 bits per heavy atom. The van der Waals surface area contributed by atoms with E-state index < -0.39 is 11.3 Å². The van der Waals surface area contributed by atoms with Crippen molar-refractivity contribution >= 4 is 0 Å². The molecule has 4 heteroatoms. The molecule has 0 amide bonds. The zero-order chi connectivity index (χ0) is 14.8. The molecule has 20 heavy (non-hydrogen) atoms. The molecule has 0 saturated carbocycles. The summed E-state index contributed by atoms with van der Waals surface area (Å²) < 4.78 is 11.4. The first-order valence-electron chi connectivity index (χ1n) is 6.92. The quantitative estimate of drug-likeness (QED) is 0.917. The van der Waals surface area contributed by atoms with Gasteiger partial charge in [-0.25, -0.2) is 0 Å². The van der Waals surface area contributed by atoms with Gasteiger partial charge in [0.2, 0.25) is 0 Å². The number of nitrogens with zero attached hydrogens (tertiary/aromatic N) is 1. The van der Waals surface area contributed by atoms with Crippen molar-refractivity contribution in [1.29, 1.82) is 5.26 Å². The minimum atomic E-state index is -0.789. The monoisotopic (exact) mass is 274 g/mol. The van der Waals surface area contributed by atoms with Crippen molar-refractivity contribution in [3.8, 4) is 6.07 Å². The number of ether oxygens (including phenoxy) is 2. The van der Waals surface area contributed by atoms with E-state index in [4.69, 9.17) is 9.47 Å². The summed E-state index contributed by atoms with van der Waals surface area (Å²) in [5, 5.41) is 12.9. The molecular weight excluding hydrogens is 252 g/mol. The molecule has 1 N–H and O–H groups in total. The Morgan fingerprint density at radius 1 is 1.40 bits per heavy atom. The van der Waals surface area contributed by atoms with Crippen LogP contribution in [0.1, 0.15) is 39.3 Å². The van der Waals surface area contributed by atoms with Crippen LogP contribution >= 0.6 is 0 Å². The molecule has 1 fully saturated rings. The zero-order valence-corrected chi connectivity index (χ0v) is 12.5. The lowest BCUT2D eigenvalue weighted by Gasteiger charge is -2.32. The standard InChI is InChI=1S/C16H22N2O2/c1-12(13-8-6-5-7-9-13)18-16(4,11-17)14-10-19-15(2,3)20-14/h5-9,12,14,18H,10H2,1-4H3/t12-,14-,16-/m1/s1. The molecule has 0 aromatic heterocycles. The molecule has 0 spiro atoms. The Morgan fingerprint density at radius 2 is 2.05 bits per heavy atom. The van der Waals surface area contributed by atoms with Gasteiger partial charge >= 0.3 is 0 Å². The average molecular weight is 274 g/mol. The number of nitrogens with one attached hydrogen (secondary N) is 1. The van der Waals surface area contributed by atoms with Gasteiger partial charge < -0.3 is 9.47 Å². The number of rotatable bonds is 4. The van der Waals surface area contributed by atoms with Crippen LogP contribution in [0.15, 0.2) is 30.3 Å². The van der Waals surface area contributed by atoms with Crippen LogP contribution in [0, 0.1) is 11.3 Å². The summed E-state index contributed by atoms with van der Waals surface area (Å²) in [6.45, 7) is 8.07. The van der Waals surface area contributed by atoms with Crippen molar-refractivity contribution in [1.82, 2.24) is 5.32 Å². The molecule has 3 atom stereocenters. The van der Waals surface area contributed by atoms with Gasteiger partial charge in [0.15, 0.2) is 5.79 Å². The molecule has 2 rings (SSSR count). The van der Waals surface area contributed by atoms with Crippen LogP contribution in [0.25, 0.3) is 0 Å². The fourth-order valence-electron chi connectivity index (χ4n) is 2.44. The highest BCUT2D eigenvalue weighted by molar-refractivity contribution is 5.21. The third-order valence-corrected chi connectivity index (χ3v) is 3.70. The number of benzene rings is 1. The van der Waals surface area contributed by atoms with Crippen LogP contribution in [0.4, 0.5) is 0 Å². The molecule has 0 unspecified atom stereocenters. The molecule has 1 aromatic rings. The third kappa shape index (κ3) is 3.18. The van der Waals surface area contributed by atoms with E-state index in [1.165, 1.54) is 0 Å². The minimum Gasteiger partial charge on any atom is -0.348 e. The molecule has 1 aliphatic rings. The number of hydrogen-bond acceptors (Lipinski definition) is 4. The van der Waals surface area contributed by atoms with E-state index in [1.54, 1.807) is 0 Å². The summed E-state index contributed by atoms with van der Waals surface area (Å²) >= 11 is 0. The number of nitriles is 1.